The van der Waals surface area contributed by atoms with E-state index >= 15 is 0 Å². The van der Waals surface area contributed by atoms with Gasteiger partial charge in [-0.15, -0.1) is 0 Å². The molecule has 4 heteroatoms. The second-order valence-corrected chi connectivity index (χ2v) is 4.70. The zero-order valence-electron chi connectivity index (χ0n) is 11.0. The molecule has 100 valence electrons. The van der Waals surface area contributed by atoms with Gasteiger partial charge in [0.2, 0.25) is 0 Å². The van der Waals surface area contributed by atoms with Crippen molar-refractivity contribution in [3.63, 3.8) is 0 Å². The summed E-state index contributed by atoms with van der Waals surface area (Å²) in [5, 5.41) is 9.92. The van der Waals surface area contributed by atoms with Gasteiger partial charge in [-0.25, -0.2) is 4.79 Å². The highest BCUT2D eigenvalue weighted by Gasteiger charge is 2.17. The van der Waals surface area contributed by atoms with Gasteiger partial charge in [0.15, 0.2) is 0 Å². The summed E-state index contributed by atoms with van der Waals surface area (Å²) in [5.74, 6) is -0.518. The molecule has 4 nitrogen and oxygen atoms in total. The number of fused-ring (bicyclic) bond motifs is 1. The molecule has 0 aliphatic rings. The number of furan rings is 1. The van der Waals surface area contributed by atoms with Gasteiger partial charge >= 0.3 is 5.97 Å². The highest BCUT2D eigenvalue weighted by atomic mass is 16.4. The first kappa shape index (κ1) is 12.4. The van der Waals surface area contributed by atoms with E-state index in [0.29, 0.717) is 16.7 Å². The van der Waals surface area contributed by atoms with Gasteiger partial charge in [0.1, 0.15) is 16.9 Å². The Morgan fingerprint density at radius 3 is 2.65 bits per heavy atom. The average molecular weight is 267 g/mol. The standard InChI is InChI=1S/C16H13NO3/c1-10-15(16(18)19)13-9-12(2-3-14(13)20-10)8-11-4-6-17-7-5-11/h2-7,9H,8H2,1H3,(H,18,19). The Kier molecular flexibility index (Phi) is 2.99. The number of nitrogens with zero attached hydrogens (tertiary/aromatic N) is 1. The van der Waals surface area contributed by atoms with Crippen molar-refractivity contribution in [3.05, 3.63) is 65.2 Å². The number of aromatic nitrogens is 1. The van der Waals surface area contributed by atoms with Crippen molar-refractivity contribution in [2.45, 2.75) is 13.3 Å². The minimum absolute atomic E-state index is 0.247. The first-order valence-corrected chi connectivity index (χ1v) is 6.29. The Bertz CT molecular complexity index is 775. The zero-order valence-corrected chi connectivity index (χ0v) is 11.0. The third-order valence-electron chi connectivity index (χ3n) is 3.30. The molecular weight excluding hydrogens is 254 g/mol. The van der Waals surface area contributed by atoms with Crippen LogP contribution in [0.1, 0.15) is 27.2 Å². The first-order valence-electron chi connectivity index (χ1n) is 6.29. The number of carboxylic acid groups (broad SMARTS) is 1. The van der Waals surface area contributed by atoms with Crippen LogP contribution in [-0.2, 0) is 6.42 Å². The molecule has 0 atom stereocenters. The van der Waals surface area contributed by atoms with Crippen LogP contribution < -0.4 is 0 Å². The minimum Gasteiger partial charge on any atom is -0.478 e. The maximum atomic E-state index is 11.3. The summed E-state index contributed by atoms with van der Waals surface area (Å²) in [6.07, 6.45) is 4.23. The topological polar surface area (TPSA) is 63.3 Å². The van der Waals surface area contributed by atoms with Gasteiger partial charge in [-0.1, -0.05) is 6.07 Å². The highest BCUT2D eigenvalue weighted by Crippen LogP contribution is 2.27. The fraction of sp³-hybridized carbons (Fsp3) is 0.125. The van der Waals surface area contributed by atoms with Gasteiger partial charge in [-0.2, -0.15) is 0 Å². The molecule has 2 aromatic heterocycles. The number of benzene rings is 1. The summed E-state index contributed by atoms with van der Waals surface area (Å²) in [6, 6.07) is 9.56. The smallest absolute Gasteiger partial charge is 0.339 e. The van der Waals surface area contributed by atoms with Crippen LogP contribution in [0.4, 0.5) is 0 Å². The molecule has 1 N–H and O–H groups in total. The SMILES string of the molecule is Cc1oc2ccc(Cc3ccncc3)cc2c1C(=O)O. The van der Waals surface area contributed by atoms with Gasteiger partial charge < -0.3 is 9.52 Å². The maximum Gasteiger partial charge on any atom is 0.339 e. The molecule has 0 aliphatic carbocycles. The number of aromatic carboxylic acids is 1. The fourth-order valence-electron chi connectivity index (χ4n) is 2.38. The van der Waals surface area contributed by atoms with E-state index in [0.717, 1.165) is 17.5 Å². The Hall–Kier alpha value is -2.62. The molecular formula is C16H13NO3. The molecule has 0 saturated carbocycles. The summed E-state index contributed by atoms with van der Waals surface area (Å²) < 4.78 is 5.47. The predicted octanol–water partition coefficient (Wildman–Crippen LogP) is 3.43. The van der Waals surface area contributed by atoms with Crippen molar-refractivity contribution < 1.29 is 14.3 Å². The van der Waals surface area contributed by atoms with E-state index in [-0.39, 0.29) is 5.56 Å². The van der Waals surface area contributed by atoms with E-state index < -0.39 is 5.97 Å². The summed E-state index contributed by atoms with van der Waals surface area (Å²) in [7, 11) is 0. The van der Waals surface area contributed by atoms with Gasteiger partial charge in [-0.3, -0.25) is 4.98 Å². The predicted molar refractivity (Wildman–Crippen MR) is 75.0 cm³/mol. The Morgan fingerprint density at radius 2 is 1.95 bits per heavy atom. The molecule has 0 radical (unpaired) electrons. The van der Waals surface area contributed by atoms with Gasteiger partial charge in [-0.05, 0) is 48.7 Å². The molecule has 0 fully saturated rings. The van der Waals surface area contributed by atoms with Crippen molar-refractivity contribution in [2.75, 3.05) is 0 Å². The van der Waals surface area contributed by atoms with Crippen molar-refractivity contribution in [1.82, 2.24) is 4.98 Å². The third kappa shape index (κ3) is 2.16. The number of pyridine rings is 1. The molecule has 3 aromatic rings. The summed E-state index contributed by atoms with van der Waals surface area (Å²) in [5.41, 5.74) is 3.04. The van der Waals surface area contributed by atoms with Crippen molar-refractivity contribution in [2.24, 2.45) is 0 Å². The molecule has 2 heterocycles. The molecule has 0 amide bonds. The summed E-state index contributed by atoms with van der Waals surface area (Å²) in [6.45, 7) is 1.67. The second-order valence-electron chi connectivity index (χ2n) is 4.70. The van der Waals surface area contributed by atoms with Crippen LogP contribution in [0.3, 0.4) is 0 Å². The molecule has 1 aromatic carbocycles. The number of rotatable bonds is 3. The second kappa shape index (κ2) is 4.81. The first-order chi connectivity index (χ1) is 9.65. The monoisotopic (exact) mass is 267 g/mol. The van der Waals surface area contributed by atoms with Crippen LogP contribution >= 0.6 is 0 Å². The van der Waals surface area contributed by atoms with Crippen LogP contribution in [0, 0.1) is 6.92 Å². The Labute approximate surface area is 115 Å². The maximum absolute atomic E-state index is 11.3. The van der Waals surface area contributed by atoms with Crippen LogP contribution in [0.5, 0.6) is 0 Å². The molecule has 20 heavy (non-hydrogen) atoms. The lowest BCUT2D eigenvalue weighted by Gasteiger charge is -2.02. The van der Waals surface area contributed by atoms with Gasteiger partial charge in [0.25, 0.3) is 0 Å². The van der Waals surface area contributed by atoms with E-state index in [9.17, 15) is 9.90 Å². The van der Waals surface area contributed by atoms with E-state index in [1.165, 1.54) is 0 Å². The van der Waals surface area contributed by atoms with Gasteiger partial charge in [0.05, 0.1) is 0 Å². The van der Waals surface area contributed by atoms with E-state index in [4.69, 9.17) is 4.42 Å². The van der Waals surface area contributed by atoms with Crippen molar-refractivity contribution >= 4 is 16.9 Å². The van der Waals surface area contributed by atoms with Crippen LogP contribution in [0.2, 0.25) is 0 Å². The number of hydrogen-bond donors (Lipinski definition) is 1. The lowest BCUT2D eigenvalue weighted by Crippen LogP contribution is -1.97. The van der Waals surface area contributed by atoms with Crippen LogP contribution in [0.25, 0.3) is 11.0 Å². The highest BCUT2D eigenvalue weighted by molar-refractivity contribution is 6.03. The molecule has 0 aliphatic heterocycles. The normalized spacial score (nSPS) is 10.8. The molecule has 0 bridgehead atoms. The molecule has 3 rings (SSSR count). The van der Waals surface area contributed by atoms with E-state index in [2.05, 4.69) is 4.98 Å². The zero-order chi connectivity index (χ0) is 14.1. The number of hydrogen-bond acceptors (Lipinski definition) is 3. The van der Waals surface area contributed by atoms with Crippen LogP contribution in [-0.4, -0.2) is 16.1 Å². The Morgan fingerprint density at radius 1 is 1.20 bits per heavy atom. The molecule has 0 unspecified atom stereocenters. The van der Waals surface area contributed by atoms with Gasteiger partial charge in [0, 0.05) is 17.8 Å². The quantitative estimate of drug-likeness (QED) is 0.789. The number of aryl methyl sites for hydroxylation is 1. The Balaban J connectivity index is 2.06. The number of carbonyl (C=O) groups is 1. The van der Waals surface area contributed by atoms with Crippen molar-refractivity contribution in [1.29, 1.82) is 0 Å². The van der Waals surface area contributed by atoms with Crippen LogP contribution in [0.15, 0.2) is 47.1 Å². The van der Waals surface area contributed by atoms with E-state index in [1.54, 1.807) is 19.3 Å². The van der Waals surface area contributed by atoms with E-state index in [1.807, 2.05) is 30.3 Å². The largest absolute Gasteiger partial charge is 0.478 e. The number of carboxylic acids is 1. The molecule has 0 saturated heterocycles. The summed E-state index contributed by atoms with van der Waals surface area (Å²) >= 11 is 0. The summed E-state index contributed by atoms with van der Waals surface area (Å²) in [4.78, 5) is 15.3. The minimum atomic E-state index is -0.956. The fourth-order valence-corrected chi connectivity index (χ4v) is 2.38. The lowest BCUT2D eigenvalue weighted by molar-refractivity contribution is 0.0697. The molecule has 0 spiro atoms. The third-order valence-corrected chi connectivity index (χ3v) is 3.30. The van der Waals surface area contributed by atoms with Crippen molar-refractivity contribution in [3.8, 4) is 0 Å². The lowest BCUT2D eigenvalue weighted by atomic mass is 10.0. The average Bonchev–Trinajstić information content (AvgIpc) is 2.75.